The number of carbonyl (C=O) groups is 2. The van der Waals surface area contributed by atoms with Gasteiger partial charge in [-0.1, -0.05) is 51.8 Å². The van der Waals surface area contributed by atoms with Crippen molar-refractivity contribution in [1.29, 1.82) is 0 Å². The van der Waals surface area contributed by atoms with Crippen molar-refractivity contribution in [2.45, 2.75) is 92.0 Å². The van der Waals surface area contributed by atoms with Gasteiger partial charge in [-0.25, -0.2) is 0 Å². The van der Waals surface area contributed by atoms with E-state index >= 15 is 0 Å². The van der Waals surface area contributed by atoms with Crippen LogP contribution in [-0.2, 0) is 14.4 Å². The standard InChI is InChI=1S/C28H41ClN2O4/c1-6-7-21-26(31-35-27(21)20-13-18(14-20)16-28(3,4)5)19(9-11-25(33)34)15-24(32)30-23-10-8-17(2)12-22(23)29/h8,10,12,18-20,26,31H,6-7,9,11,13-16H2,1-5H3,(H,30,32)(H,33,34). The fourth-order valence-electron chi connectivity index (χ4n) is 5.53. The first-order valence-corrected chi connectivity index (χ1v) is 13.3. The van der Waals surface area contributed by atoms with E-state index in [2.05, 4.69) is 38.5 Å². The van der Waals surface area contributed by atoms with Crippen molar-refractivity contribution in [2.75, 3.05) is 5.32 Å². The van der Waals surface area contributed by atoms with Gasteiger partial charge in [0.25, 0.3) is 0 Å². The van der Waals surface area contributed by atoms with Crippen molar-refractivity contribution in [2.24, 2.45) is 23.2 Å². The first kappa shape index (κ1) is 27.5. The average Bonchev–Trinajstić information content (AvgIpc) is 3.12. The Morgan fingerprint density at radius 2 is 2.00 bits per heavy atom. The topological polar surface area (TPSA) is 87.7 Å². The van der Waals surface area contributed by atoms with Crippen molar-refractivity contribution >= 4 is 29.2 Å². The van der Waals surface area contributed by atoms with Gasteiger partial charge in [0.15, 0.2) is 0 Å². The van der Waals surface area contributed by atoms with Gasteiger partial charge in [-0.2, -0.15) is 0 Å². The van der Waals surface area contributed by atoms with Crippen molar-refractivity contribution in [3.8, 4) is 0 Å². The molecule has 35 heavy (non-hydrogen) atoms. The number of carbonyl (C=O) groups excluding carboxylic acids is 1. The molecule has 1 aromatic rings. The molecule has 1 aliphatic heterocycles. The Kier molecular flexibility index (Phi) is 9.28. The number of benzene rings is 1. The van der Waals surface area contributed by atoms with Crippen LogP contribution >= 0.6 is 11.6 Å². The molecule has 7 heteroatoms. The van der Waals surface area contributed by atoms with E-state index < -0.39 is 5.97 Å². The molecule has 3 rings (SSSR count). The monoisotopic (exact) mass is 504 g/mol. The van der Waals surface area contributed by atoms with Crippen LogP contribution in [0.4, 0.5) is 5.69 Å². The van der Waals surface area contributed by atoms with E-state index in [4.69, 9.17) is 16.4 Å². The third-order valence-electron chi connectivity index (χ3n) is 7.06. The Bertz CT molecular complexity index is 947. The summed E-state index contributed by atoms with van der Waals surface area (Å²) in [6.45, 7) is 10.9. The first-order valence-electron chi connectivity index (χ1n) is 12.9. The molecule has 2 atom stereocenters. The summed E-state index contributed by atoms with van der Waals surface area (Å²) in [6, 6.07) is 5.34. The summed E-state index contributed by atoms with van der Waals surface area (Å²) in [5.41, 5.74) is 6.31. The number of amides is 1. The number of carboxylic acid groups (broad SMARTS) is 1. The number of aliphatic carboxylic acids is 1. The number of allylic oxidation sites excluding steroid dienone is 1. The van der Waals surface area contributed by atoms with Crippen LogP contribution in [0.15, 0.2) is 29.5 Å². The number of nitrogens with one attached hydrogen (secondary N) is 2. The molecule has 0 aromatic heterocycles. The van der Waals surface area contributed by atoms with E-state index in [1.165, 1.54) is 12.0 Å². The zero-order valence-corrected chi connectivity index (χ0v) is 22.5. The molecule has 1 aromatic carbocycles. The first-order chi connectivity index (χ1) is 16.5. The second kappa shape index (κ2) is 11.8. The number of rotatable bonds is 11. The molecule has 2 unspecified atom stereocenters. The second-order valence-corrected chi connectivity index (χ2v) is 12.0. The maximum atomic E-state index is 13.0. The van der Waals surface area contributed by atoms with Crippen molar-refractivity contribution < 1.29 is 19.5 Å². The van der Waals surface area contributed by atoms with Crippen molar-refractivity contribution in [1.82, 2.24) is 5.48 Å². The van der Waals surface area contributed by atoms with E-state index in [-0.39, 0.29) is 30.7 Å². The Morgan fingerprint density at radius 3 is 2.60 bits per heavy atom. The van der Waals surface area contributed by atoms with E-state index in [1.54, 1.807) is 6.07 Å². The lowest BCUT2D eigenvalue weighted by Gasteiger charge is -2.39. The van der Waals surface area contributed by atoms with Crippen molar-refractivity contribution in [3.05, 3.63) is 40.1 Å². The number of hydrogen-bond donors (Lipinski definition) is 3. The highest BCUT2D eigenvalue weighted by molar-refractivity contribution is 6.33. The molecule has 1 heterocycles. The molecule has 1 fully saturated rings. The summed E-state index contributed by atoms with van der Waals surface area (Å²) in [5, 5.41) is 12.7. The van der Waals surface area contributed by atoms with Crippen LogP contribution in [0.1, 0.15) is 84.6 Å². The lowest BCUT2D eigenvalue weighted by molar-refractivity contribution is -0.137. The molecular weight excluding hydrogens is 464 g/mol. The van der Waals surface area contributed by atoms with Crippen molar-refractivity contribution in [3.63, 3.8) is 0 Å². The molecule has 194 valence electrons. The van der Waals surface area contributed by atoms with E-state index in [0.29, 0.717) is 34.4 Å². The highest BCUT2D eigenvalue weighted by Crippen LogP contribution is 2.48. The molecule has 0 radical (unpaired) electrons. The third-order valence-corrected chi connectivity index (χ3v) is 7.37. The molecule has 1 amide bonds. The molecule has 2 aliphatic rings. The summed E-state index contributed by atoms with van der Waals surface area (Å²) in [6.07, 6.45) is 5.89. The molecule has 1 saturated carbocycles. The maximum Gasteiger partial charge on any atom is 0.303 e. The van der Waals surface area contributed by atoms with Gasteiger partial charge in [0.05, 0.1) is 16.8 Å². The Labute approximate surface area is 214 Å². The Hall–Kier alpha value is -2.05. The van der Waals surface area contributed by atoms with E-state index in [1.807, 2.05) is 19.1 Å². The van der Waals surface area contributed by atoms with Gasteiger partial charge >= 0.3 is 5.97 Å². The lowest BCUT2D eigenvalue weighted by Crippen LogP contribution is -2.35. The average molecular weight is 505 g/mol. The van der Waals surface area contributed by atoms with Gasteiger partial charge in [0, 0.05) is 18.8 Å². The highest BCUT2D eigenvalue weighted by Gasteiger charge is 2.42. The highest BCUT2D eigenvalue weighted by atomic mass is 35.5. The number of hydroxylamine groups is 1. The predicted molar refractivity (Wildman–Crippen MR) is 140 cm³/mol. The normalized spacial score (nSPS) is 23.0. The molecule has 1 aliphatic carbocycles. The quantitative estimate of drug-likeness (QED) is 0.306. The molecule has 0 spiro atoms. The SMILES string of the molecule is CCCC1=C(C2CC(CC(C)(C)C)C2)ONC1C(CCC(=O)O)CC(=O)Nc1ccc(C)cc1Cl. The fraction of sp³-hybridized carbons (Fsp3) is 0.643. The third kappa shape index (κ3) is 7.71. The second-order valence-electron chi connectivity index (χ2n) is 11.6. The molecule has 0 bridgehead atoms. The smallest absolute Gasteiger partial charge is 0.303 e. The van der Waals surface area contributed by atoms with Crippen LogP contribution in [0, 0.1) is 30.1 Å². The predicted octanol–water partition coefficient (Wildman–Crippen LogP) is 6.88. The summed E-state index contributed by atoms with van der Waals surface area (Å²) >= 11 is 6.30. The van der Waals surface area contributed by atoms with Crippen LogP contribution in [0.3, 0.4) is 0 Å². The van der Waals surface area contributed by atoms with Gasteiger partial charge in [-0.05, 0) is 79.5 Å². The van der Waals surface area contributed by atoms with Crippen LogP contribution < -0.4 is 10.8 Å². The van der Waals surface area contributed by atoms with E-state index in [9.17, 15) is 14.7 Å². The fourth-order valence-corrected chi connectivity index (χ4v) is 5.81. The number of aryl methyl sites for hydroxylation is 1. The Morgan fingerprint density at radius 1 is 1.29 bits per heavy atom. The minimum Gasteiger partial charge on any atom is -0.481 e. The van der Waals surface area contributed by atoms with Gasteiger partial charge in [-0.15, -0.1) is 5.48 Å². The van der Waals surface area contributed by atoms with Gasteiger partial charge in [0.1, 0.15) is 5.76 Å². The van der Waals surface area contributed by atoms with E-state index in [0.717, 1.165) is 37.0 Å². The summed E-state index contributed by atoms with van der Waals surface area (Å²) < 4.78 is 0. The number of anilines is 1. The number of carboxylic acids is 1. The number of halogens is 1. The minimum absolute atomic E-state index is 0.00718. The Balaban J connectivity index is 1.73. The largest absolute Gasteiger partial charge is 0.481 e. The summed E-state index contributed by atoms with van der Waals surface area (Å²) in [7, 11) is 0. The van der Waals surface area contributed by atoms with Gasteiger partial charge in [0.2, 0.25) is 5.91 Å². The molecule has 3 N–H and O–H groups in total. The minimum atomic E-state index is -0.860. The maximum absolute atomic E-state index is 13.0. The van der Waals surface area contributed by atoms with Crippen LogP contribution in [-0.4, -0.2) is 23.0 Å². The van der Waals surface area contributed by atoms with Crippen LogP contribution in [0.25, 0.3) is 0 Å². The zero-order valence-electron chi connectivity index (χ0n) is 21.7. The van der Waals surface area contributed by atoms with Gasteiger partial charge < -0.3 is 15.3 Å². The number of hydrogen-bond acceptors (Lipinski definition) is 4. The molecule has 6 nitrogen and oxygen atoms in total. The van der Waals surface area contributed by atoms with Crippen LogP contribution in [0.2, 0.25) is 5.02 Å². The summed E-state index contributed by atoms with van der Waals surface area (Å²) in [5.74, 6) is 0.920. The zero-order chi connectivity index (χ0) is 25.8. The lowest BCUT2D eigenvalue weighted by atomic mass is 9.66. The molecular formula is C28H41ClN2O4. The molecule has 0 saturated heterocycles. The van der Waals surface area contributed by atoms with Gasteiger partial charge in [-0.3, -0.25) is 9.59 Å². The van der Waals surface area contributed by atoms with Crippen LogP contribution in [0.5, 0.6) is 0 Å². The summed E-state index contributed by atoms with van der Waals surface area (Å²) in [4.78, 5) is 30.4.